The van der Waals surface area contributed by atoms with E-state index in [1.165, 1.54) is 30.5 Å². The molecule has 0 aliphatic carbocycles. The summed E-state index contributed by atoms with van der Waals surface area (Å²) in [6.07, 6.45) is -2.96. The van der Waals surface area contributed by atoms with E-state index in [2.05, 4.69) is 15.0 Å². The van der Waals surface area contributed by atoms with Crippen molar-refractivity contribution >= 4 is 21.6 Å². The molecule has 4 rings (SSSR count). The molecule has 2 heterocycles. The highest BCUT2D eigenvalue weighted by atomic mass is 32.2. The Labute approximate surface area is 245 Å². The molecule has 1 amide bonds. The Balaban J connectivity index is 1.39. The quantitative estimate of drug-likeness (QED) is 0.266. The summed E-state index contributed by atoms with van der Waals surface area (Å²) >= 11 is 0. The molecular formula is C29H30F5N3O5S. The number of amides is 1. The number of anilines is 1. The minimum Gasteiger partial charge on any atom is -0.489 e. The van der Waals surface area contributed by atoms with Gasteiger partial charge in [0.2, 0.25) is 0 Å². The molecule has 1 aliphatic rings. The van der Waals surface area contributed by atoms with Crippen molar-refractivity contribution < 1.29 is 44.6 Å². The first-order valence-corrected chi connectivity index (χ1v) is 15.1. The van der Waals surface area contributed by atoms with Gasteiger partial charge in [-0.25, -0.2) is 13.4 Å². The van der Waals surface area contributed by atoms with Gasteiger partial charge in [0, 0.05) is 25.2 Å². The minimum atomic E-state index is -4.47. The van der Waals surface area contributed by atoms with E-state index in [0.717, 1.165) is 12.1 Å². The number of hydrogen-bond donors (Lipinski definition) is 1. The molecule has 1 saturated heterocycles. The monoisotopic (exact) mass is 627 g/mol. The van der Waals surface area contributed by atoms with E-state index < -0.39 is 40.2 Å². The van der Waals surface area contributed by atoms with Gasteiger partial charge >= 0.3 is 12.8 Å². The van der Waals surface area contributed by atoms with Crippen LogP contribution in [0.4, 0.5) is 27.8 Å². The van der Waals surface area contributed by atoms with Gasteiger partial charge < -0.3 is 19.7 Å². The average molecular weight is 628 g/mol. The summed E-state index contributed by atoms with van der Waals surface area (Å²) < 4.78 is 98.0. The van der Waals surface area contributed by atoms with Gasteiger partial charge in [-0.15, -0.1) is 0 Å². The highest BCUT2D eigenvalue weighted by molar-refractivity contribution is 7.91. The first kappa shape index (κ1) is 32.1. The second kappa shape index (κ2) is 13.7. The molecule has 1 N–H and O–H groups in total. The topological polar surface area (TPSA) is 97.8 Å². The first-order valence-electron chi connectivity index (χ1n) is 13.4. The fraction of sp³-hybridized carbons (Fsp3) is 0.379. The van der Waals surface area contributed by atoms with Crippen molar-refractivity contribution in [3.05, 3.63) is 83.6 Å². The molecule has 232 valence electrons. The molecule has 8 nitrogen and oxygen atoms in total. The van der Waals surface area contributed by atoms with Crippen molar-refractivity contribution in [1.29, 1.82) is 0 Å². The van der Waals surface area contributed by atoms with Crippen LogP contribution >= 0.6 is 0 Å². The van der Waals surface area contributed by atoms with Crippen LogP contribution in [-0.4, -0.2) is 57.0 Å². The van der Waals surface area contributed by atoms with Crippen molar-refractivity contribution in [2.24, 2.45) is 0 Å². The number of hydrogen-bond acceptors (Lipinski definition) is 7. The number of aromatic nitrogens is 1. The molecule has 0 saturated carbocycles. The van der Waals surface area contributed by atoms with Crippen LogP contribution in [0.1, 0.15) is 41.3 Å². The zero-order valence-electron chi connectivity index (χ0n) is 23.1. The van der Waals surface area contributed by atoms with Gasteiger partial charge in [-0.05, 0) is 60.5 Å². The summed E-state index contributed by atoms with van der Waals surface area (Å²) in [7, 11) is -3.32. The molecule has 0 spiro atoms. The van der Waals surface area contributed by atoms with Crippen LogP contribution in [0, 0.1) is 0 Å². The van der Waals surface area contributed by atoms with E-state index >= 15 is 0 Å². The van der Waals surface area contributed by atoms with Crippen molar-refractivity contribution in [3.63, 3.8) is 0 Å². The maximum absolute atomic E-state index is 12.9. The Morgan fingerprint density at radius 2 is 1.77 bits per heavy atom. The molecular weight excluding hydrogens is 597 g/mol. The number of benzene rings is 2. The van der Waals surface area contributed by atoms with Gasteiger partial charge in [0.05, 0.1) is 34.9 Å². The Kier molecular flexibility index (Phi) is 10.2. The van der Waals surface area contributed by atoms with E-state index in [1.54, 1.807) is 31.2 Å². The Morgan fingerprint density at radius 1 is 1.07 bits per heavy atom. The third kappa shape index (κ3) is 8.63. The molecule has 1 fully saturated rings. The Bertz CT molecular complexity index is 1470. The predicted octanol–water partition coefficient (Wildman–Crippen LogP) is 5.48. The molecule has 1 aromatic heterocycles. The smallest absolute Gasteiger partial charge is 0.416 e. The molecule has 3 aromatic rings. The SMILES string of the molecule is CCS(=O)(=O)c1ccc(CNC(=O)c2ccc(N3CC(Oc4ccc(C(F)(F)F)cc4)C[C@H]3CCOC(F)F)nc2)cc1. The predicted molar refractivity (Wildman–Crippen MR) is 148 cm³/mol. The van der Waals surface area contributed by atoms with E-state index in [0.29, 0.717) is 17.8 Å². The molecule has 1 aliphatic heterocycles. The molecule has 0 bridgehead atoms. The number of halogens is 5. The van der Waals surface area contributed by atoms with Gasteiger partial charge in [-0.1, -0.05) is 19.1 Å². The summed E-state index contributed by atoms with van der Waals surface area (Å²) in [5.41, 5.74) is 0.171. The summed E-state index contributed by atoms with van der Waals surface area (Å²) in [5.74, 6) is 0.283. The third-order valence-corrected chi connectivity index (χ3v) is 8.73. The van der Waals surface area contributed by atoms with E-state index in [-0.39, 0.29) is 54.1 Å². The zero-order valence-corrected chi connectivity index (χ0v) is 23.9. The fourth-order valence-electron chi connectivity index (χ4n) is 4.68. The van der Waals surface area contributed by atoms with Gasteiger partial charge in [0.1, 0.15) is 17.7 Å². The van der Waals surface area contributed by atoms with Gasteiger partial charge in [0.25, 0.3) is 5.91 Å². The van der Waals surface area contributed by atoms with Crippen molar-refractivity contribution in [2.45, 2.75) is 56.1 Å². The minimum absolute atomic E-state index is 0.0133. The van der Waals surface area contributed by atoms with Crippen molar-refractivity contribution in [2.75, 3.05) is 23.8 Å². The lowest BCUT2D eigenvalue weighted by Gasteiger charge is -2.25. The van der Waals surface area contributed by atoms with Crippen LogP contribution in [0.5, 0.6) is 5.75 Å². The Morgan fingerprint density at radius 3 is 2.35 bits per heavy atom. The van der Waals surface area contributed by atoms with Crippen LogP contribution in [0.25, 0.3) is 0 Å². The highest BCUT2D eigenvalue weighted by Crippen LogP contribution is 2.32. The molecule has 1 unspecified atom stereocenters. The Hall–Kier alpha value is -3.78. The molecule has 2 atom stereocenters. The van der Waals surface area contributed by atoms with Gasteiger partial charge in [0.15, 0.2) is 9.84 Å². The maximum Gasteiger partial charge on any atom is 0.416 e. The van der Waals surface area contributed by atoms with Crippen LogP contribution in [0.2, 0.25) is 0 Å². The van der Waals surface area contributed by atoms with Crippen LogP contribution in [0.15, 0.2) is 71.8 Å². The van der Waals surface area contributed by atoms with E-state index in [4.69, 9.17) is 4.74 Å². The summed E-state index contributed by atoms with van der Waals surface area (Å²) in [5, 5.41) is 2.75. The largest absolute Gasteiger partial charge is 0.489 e. The zero-order chi connectivity index (χ0) is 31.2. The first-order chi connectivity index (χ1) is 20.4. The molecule has 43 heavy (non-hydrogen) atoms. The number of nitrogens with zero attached hydrogens (tertiary/aromatic N) is 2. The van der Waals surface area contributed by atoms with E-state index in [9.17, 15) is 35.2 Å². The second-order valence-electron chi connectivity index (χ2n) is 9.86. The van der Waals surface area contributed by atoms with Gasteiger partial charge in [-0.3, -0.25) is 4.79 Å². The standard InChI is InChI=1S/C29H30F5N3O5S/c1-2-43(39,40)25-10-3-19(4-11-25)16-36-27(38)20-5-12-26(35-17-20)37-18-24(15-22(37)13-14-41-28(30)31)42-23-8-6-21(7-9-23)29(32,33)34/h3-12,17,22,24,28H,2,13-16,18H2,1H3,(H,36,38)/t22-,24?/m1/s1. The summed E-state index contributed by atoms with van der Waals surface area (Å²) in [6.45, 7) is -1.15. The lowest BCUT2D eigenvalue weighted by molar-refractivity contribution is -0.137. The molecule has 0 radical (unpaired) electrons. The van der Waals surface area contributed by atoms with Crippen LogP contribution in [-0.2, 0) is 27.3 Å². The summed E-state index contributed by atoms with van der Waals surface area (Å²) in [6, 6.07) is 13.4. The number of alkyl halides is 5. The van der Waals surface area contributed by atoms with Crippen molar-refractivity contribution in [1.82, 2.24) is 10.3 Å². The summed E-state index contributed by atoms with van der Waals surface area (Å²) in [4.78, 5) is 19.1. The number of carbonyl (C=O) groups is 1. The number of sulfone groups is 1. The van der Waals surface area contributed by atoms with E-state index in [1.807, 2.05) is 4.90 Å². The highest BCUT2D eigenvalue weighted by Gasteiger charge is 2.35. The number of pyridine rings is 1. The van der Waals surface area contributed by atoms with Gasteiger partial charge in [-0.2, -0.15) is 22.0 Å². The molecule has 2 aromatic carbocycles. The number of carbonyl (C=O) groups excluding carboxylic acids is 1. The van der Waals surface area contributed by atoms with Crippen LogP contribution in [0.3, 0.4) is 0 Å². The number of nitrogens with one attached hydrogen (secondary N) is 1. The lowest BCUT2D eigenvalue weighted by Crippen LogP contribution is -2.32. The van der Waals surface area contributed by atoms with Crippen molar-refractivity contribution in [3.8, 4) is 5.75 Å². The number of ether oxygens (including phenoxy) is 2. The second-order valence-corrected chi connectivity index (χ2v) is 12.1. The molecule has 14 heteroatoms. The normalized spacial score (nSPS) is 17.3. The lowest BCUT2D eigenvalue weighted by atomic mass is 10.1. The van der Waals surface area contributed by atoms with Crippen LogP contribution < -0.4 is 15.0 Å². The number of rotatable bonds is 12. The maximum atomic E-state index is 12.9. The average Bonchev–Trinajstić information content (AvgIpc) is 3.38. The third-order valence-electron chi connectivity index (χ3n) is 6.98. The fourth-order valence-corrected chi connectivity index (χ4v) is 5.56.